The molecule has 0 atom stereocenters. The lowest BCUT2D eigenvalue weighted by atomic mass is 10.0. The van der Waals surface area contributed by atoms with Crippen molar-refractivity contribution in [3.05, 3.63) is 29.8 Å². The zero-order valence-corrected chi connectivity index (χ0v) is 11.6. The maximum Gasteiger partial charge on any atom is 0.385 e. The molecule has 100 valence electrons. The van der Waals surface area contributed by atoms with E-state index in [-0.39, 0.29) is 0 Å². The number of rotatable bonds is 3. The zero-order valence-electron chi connectivity index (χ0n) is 10.8. The first-order valence-electron chi connectivity index (χ1n) is 6.23. The van der Waals surface area contributed by atoms with Gasteiger partial charge in [-0.2, -0.15) is 12.7 Å². The normalized spacial score (nSPS) is 18.8. The van der Waals surface area contributed by atoms with E-state index >= 15 is 0 Å². The molecule has 0 saturated carbocycles. The second kappa shape index (κ2) is 5.28. The fraction of sp³-hybridized carbons (Fsp3) is 0.538. The van der Waals surface area contributed by atoms with Gasteiger partial charge in [0.05, 0.1) is 0 Å². The van der Waals surface area contributed by atoms with Gasteiger partial charge in [0, 0.05) is 13.1 Å². The predicted molar refractivity (Wildman–Crippen MR) is 70.7 cm³/mol. The second-order valence-corrected chi connectivity index (χ2v) is 6.47. The van der Waals surface area contributed by atoms with E-state index in [1.54, 1.807) is 12.1 Å². The van der Waals surface area contributed by atoms with Crippen LogP contribution in [0.15, 0.2) is 24.3 Å². The summed E-state index contributed by atoms with van der Waals surface area (Å²) < 4.78 is 30.7. The number of nitrogens with zero attached hydrogens (tertiary/aromatic N) is 1. The molecule has 0 N–H and O–H groups in total. The molecule has 0 aliphatic carbocycles. The van der Waals surface area contributed by atoms with Gasteiger partial charge >= 0.3 is 10.3 Å². The lowest BCUT2D eigenvalue weighted by molar-refractivity contribution is 0.267. The Morgan fingerprint density at radius 1 is 1.17 bits per heavy atom. The van der Waals surface area contributed by atoms with Gasteiger partial charge in [-0.15, -0.1) is 0 Å². The Hall–Kier alpha value is -1.07. The Balaban J connectivity index is 2.05. The fourth-order valence-electron chi connectivity index (χ4n) is 1.98. The third-order valence-electron chi connectivity index (χ3n) is 3.28. The Bertz CT molecular complexity index is 487. The average molecular weight is 269 g/mol. The Morgan fingerprint density at radius 2 is 1.72 bits per heavy atom. The minimum Gasteiger partial charge on any atom is -0.371 e. The van der Waals surface area contributed by atoms with E-state index in [9.17, 15) is 8.42 Å². The zero-order chi connectivity index (χ0) is 13.2. The van der Waals surface area contributed by atoms with Gasteiger partial charge in [0.15, 0.2) is 0 Å². The van der Waals surface area contributed by atoms with Crippen molar-refractivity contribution in [3.8, 4) is 5.75 Å². The SMILES string of the molecule is Cc1ccc(OS(=O)(=O)N2CCC(C)CC2)cc1. The molecule has 0 bridgehead atoms. The molecular formula is C13H19NO3S. The summed E-state index contributed by atoms with van der Waals surface area (Å²) in [5, 5.41) is 0. The number of aryl methyl sites for hydroxylation is 1. The highest BCUT2D eigenvalue weighted by molar-refractivity contribution is 7.84. The van der Waals surface area contributed by atoms with Crippen LogP contribution < -0.4 is 4.18 Å². The van der Waals surface area contributed by atoms with E-state index < -0.39 is 10.3 Å². The number of benzene rings is 1. The molecule has 1 aliphatic heterocycles. The maximum atomic E-state index is 12.1. The van der Waals surface area contributed by atoms with Crippen molar-refractivity contribution < 1.29 is 12.6 Å². The molecule has 1 saturated heterocycles. The monoisotopic (exact) mass is 269 g/mol. The standard InChI is InChI=1S/C13H19NO3S/c1-11-3-5-13(6-4-11)17-18(15,16)14-9-7-12(2)8-10-14/h3-6,12H,7-10H2,1-2H3. The molecule has 1 aromatic carbocycles. The van der Waals surface area contributed by atoms with Gasteiger partial charge in [-0.3, -0.25) is 0 Å². The van der Waals surface area contributed by atoms with E-state index in [4.69, 9.17) is 4.18 Å². The van der Waals surface area contributed by atoms with Crippen LogP contribution >= 0.6 is 0 Å². The summed E-state index contributed by atoms with van der Waals surface area (Å²) >= 11 is 0. The number of piperidine rings is 1. The fourth-order valence-corrected chi connectivity index (χ4v) is 3.09. The van der Waals surface area contributed by atoms with Crippen LogP contribution in [0.3, 0.4) is 0 Å². The summed E-state index contributed by atoms with van der Waals surface area (Å²) in [6.45, 7) is 5.19. The Morgan fingerprint density at radius 3 is 2.28 bits per heavy atom. The van der Waals surface area contributed by atoms with Gasteiger partial charge in [-0.05, 0) is 37.8 Å². The molecule has 1 aromatic rings. The van der Waals surface area contributed by atoms with Crippen molar-refractivity contribution in [2.24, 2.45) is 5.92 Å². The van der Waals surface area contributed by atoms with Crippen molar-refractivity contribution >= 4 is 10.3 Å². The van der Waals surface area contributed by atoms with Crippen molar-refractivity contribution in [1.29, 1.82) is 0 Å². The minimum atomic E-state index is -3.64. The van der Waals surface area contributed by atoms with Gasteiger partial charge in [-0.25, -0.2) is 0 Å². The number of hydrogen-bond donors (Lipinski definition) is 0. The van der Waals surface area contributed by atoms with Gasteiger partial charge in [0.2, 0.25) is 0 Å². The molecular weight excluding hydrogens is 250 g/mol. The van der Waals surface area contributed by atoms with Crippen LogP contribution in [-0.4, -0.2) is 25.8 Å². The highest BCUT2D eigenvalue weighted by Crippen LogP contribution is 2.21. The molecule has 0 radical (unpaired) electrons. The second-order valence-electron chi connectivity index (χ2n) is 4.94. The molecule has 5 heteroatoms. The lowest BCUT2D eigenvalue weighted by Crippen LogP contribution is -2.40. The first-order valence-corrected chi connectivity index (χ1v) is 7.60. The molecule has 0 aromatic heterocycles. The molecule has 1 fully saturated rings. The van der Waals surface area contributed by atoms with Gasteiger partial charge in [0.25, 0.3) is 0 Å². The highest BCUT2D eigenvalue weighted by Gasteiger charge is 2.28. The van der Waals surface area contributed by atoms with E-state index in [0.717, 1.165) is 18.4 Å². The smallest absolute Gasteiger partial charge is 0.371 e. The van der Waals surface area contributed by atoms with Crippen molar-refractivity contribution in [2.75, 3.05) is 13.1 Å². The Labute approximate surface area is 109 Å². The molecule has 18 heavy (non-hydrogen) atoms. The number of hydrogen-bond acceptors (Lipinski definition) is 3. The largest absolute Gasteiger partial charge is 0.385 e. The van der Waals surface area contributed by atoms with Gasteiger partial charge in [0.1, 0.15) is 5.75 Å². The first kappa shape index (κ1) is 13.4. The summed E-state index contributed by atoms with van der Waals surface area (Å²) in [5.74, 6) is 0.968. The third kappa shape index (κ3) is 3.23. The molecule has 0 spiro atoms. The minimum absolute atomic E-state index is 0.374. The maximum absolute atomic E-state index is 12.1. The van der Waals surface area contributed by atoms with Gasteiger partial charge < -0.3 is 4.18 Å². The first-order chi connectivity index (χ1) is 8.47. The quantitative estimate of drug-likeness (QED) is 0.846. The molecule has 1 heterocycles. The third-order valence-corrected chi connectivity index (χ3v) is 4.68. The van der Waals surface area contributed by atoms with Crippen LogP contribution in [0, 0.1) is 12.8 Å². The summed E-state index contributed by atoms with van der Waals surface area (Å²) in [5.41, 5.74) is 1.08. The van der Waals surface area contributed by atoms with Crippen LogP contribution in [0.2, 0.25) is 0 Å². The highest BCUT2D eigenvalue weighted by atomic mass is 32.2. The van der Waals surface area contributed by atoms with Crippen LogP contribution in [0.1, 0.15) is 25.3 Å². The Kier molecular flexibility index (Phi) is 3.92. The topological polar surface area (TPSA) is 46.6 Å². The van der Waals surface area contributed by atoms with Crippen molar-refractivity contribution in [3.63, 3.8) is 0 Å². The summed E-state index contributed by atoms with van der Waals surface area (Å²) in [6.07, 6.45) is 1.80. The van der Waals surface area contributed by atoms with Crippen LogP contribution in [0.25, 0.3) is 0 Å². The van der Waals surface area contributed by atoms with Crippen LogP contribution in [-0.2, 0) is 10.3 Å². The molecule has 2 rings (SSSR count). The van der Waals surface area contributed by atoms with Crippen molar-refractivity contribution in [2.45, 2.75) is 26.7 Å². The summed E-state index contributed by atoms with van der Waals surface area (Å²) in [7, 11) is -3.64. The van der Waals surface area contributed by atoms with E-state index in [1.807, 2.05) is 19.1 Å². The van der Waals surface area contributed by atoms with Gasteiger partial charge in [-0.1, -0.05) is 24.6 Å². The molecule has 4 nitrogen and oxygen atoms in total. The average Bonchev–Trinajstić information content (AvgIpc) is 2.32. The summed E-state index contributed by atoms with van der Waals surface area (Å²) in [6, 6.07) is 7.03. The lowest BCUT2D eigenvalue weighted by Gasteiger charge is -2.28. The summed E-state index contributed by atoms with van der Waals surface area (Å²) in [4.78, 5) is 0. The van der Waals surface area contributed by atoms with Crippen molar-refractivity contribution in [1.82, 2.24) is 4.31 Å². The van der Waals surface area contributed by atoms with E-state index in [0.29, 0.717) is 24.8 Å². The van der Waals surface area contributed by atoms with Crippen LogP contribution in [0.5, 0.6) is 5.75 Å². The molecule has 1 aliphatic rings. The molecule has 0 amide bonds. The molecule has 0 unspecified atom stereocenters. The van der Waals surface area contributed by atoms with Crippen LogP contribution in [0.4, 0.5) is 0 Å². The predicted octanol–water partition coefficient (Wildman–Crippen LogP) is 2.35. The van der Waals surface area contributed by atoms with E-state index in [2.05, 4.69) is 6.92 Å². The van der Waals surface area contributed by atoms with E-state index in [1.165, 1.54) is 4.31 Å².